The normalized spacial score (nSPS) is 19.1. The summed E-state index contributed by atoms with van der Waals surface area (Å²) in [5.74, 6) is -0.217. The first-order chi connectivity index (χ1) is 13.6. The highest BCUT2D eigenvalue weighted by molar-refractivity contribution is 5.96. The van der Waals surface area contributed by atoms with Crippen molar-refractivity contribution in [3.05, 3.63) is 54.0 Å². The molecule has 0 bridgehead atoms. The number of nitrogens with zero attached hydrogens (tertiary/aromatic N) is 2. The van der Waals surface area contributed by atoms with Gasteiger partial charge < -0.3 is 19.5 Å². The van der Waals surface area contributed by atoms with Crippen molar-refractivity contribution in [1.82, 2.24) is 9.80 Å². The van der Waals surface area contributed by atoms with E-state index in [1.165, 1.54) is 12.5 Å². The zero-order valence-electron chi connectivity index (χ0n) is 15.6. The fourth-order valence-electron chi connectivity index (χ4n) is 3.83. The third-order valence-corrected chi connectivity index (χ3v) is 5.51. The van der Waals surface area contributed by atoms with E-state index in [1.807, 2.05) is 24.3 Å². The van der Waals surface area contributed by atoms with Crippen molar-refractivity contribution in [1.29, 1.82) is 0 Å². The first kappa shape index (κ1) is 18.3. The van der Waals surface area contributed by atoms with Crippen molar-refractivity contribution in [3.63, 3.8) is 0 Å². The fraction of sp³-hybridized carbons (Fsp3) is 0.381. The minimum Gasteiger partial charge on any atom is -0.472 e. The van der Waals surface area contributed by atoms with Gasteiger partial charge in [-0.05, 0) is 30.5 Å². The molecule has 0 aliphatic carbocycles. The minimum absolute atomic E-state index is 0.0120. The number of carbonyl (C=O) groups is 3. The number of anilines is 1. The number of benzene rings is 1. The first-order valence-corrected chi connectivity index (χ1v) is 9.60. The monoisotopic (exact) mass is 381 g/mol. The summed E-state index contributed by atoms with van der Waals surface area (Å²) in [4.78, 5) is 40.7. The number of hydrogen-bond donors (Lipinski definition) is 1. The number of fused-ring (bicyclic) bond motifs is 1. The predicted octanol–water partition coefficient (Wildman–Crippen LogP) is 2.16. The fourth-order valence-corrected chi connectivity index (χ4v) is 3.83. The summed E-state index contributed by atoms with van der Waals surface area (Å²) in [6.07, 6.45) is 4.46. The molecule has 3 amide bonds. The van der Waals surface area contributed by atoms with E-state index in [0.29, 0.717) is 51.0 Å². The SMILES string of the molecule is O=C1Nc2ccccc2CC1CCC(=O)N1CCN(C(=O)c2ccoc2)CC1. The highest BCUT2D eigenvalue weighted by Crippen LogP contribution is 2.27. The molecule has 1 aromatic heterocycles. The van der Waals surface area contributed by atoms with Crippen LogP contribution in [0.25, 0.3) is 0 Å². The Morgan fingerprint density at radius 1 is 1.07 bits per heavy atom. The molecule has 7 heteroatoms. The standard InChI is InChI=1S/C21H23N3O4/c25-19(6-5-16-13-15-3-1-2-4-18(15)22-20(16)26)23-8-10-24(11-9-23)21(27)17-7-12-28-14-17/h1-4,7,12,14,16H,5-6,8-11,13H2,(H,22,26). The average molecular weight is 381 g/mol. The lowest BCUT2D eigenvalue weighted by atomic mass is 9.89. The van der Waals surface area contributed by atoms with E-state index in [4.69, 9.17) is 4.42 Å². The first-order valence-electron chi connectivity index (χ1n) is 9.60. The van der Waals surface area contributed by atoms with E-state index in [2.05, 4.69) is 5.32 Å². The van der Waals surface area contributed by atoms with E-state index < -0.39 is 0 Å². The summed E-state index contributed by atoms with van der Waals surface area (Å²) in [7, 11) is 0. The van der Waals surface area contributed by atoms with Crippen LogP contribution in [0.15, 0.2) is 47.3 Å². The van der Waals surface area contributed by atoms with Crippen molar-refractivity contribution in [3.8, 4) is 0 Å². The second-order valence-corrected chi connectivity index (χ2v) is 7.27. The summed E-state index contributed by atoms with van der Waals surface area (Å²) in [6, 6.07) is 9.43. The molecule has 2 aromatic rings. The molecule has 1 aromatic carbocycles. The van der Waals surface area contributed by atoms with Gasteiger partial charge in [0.05, 0.1) is 11.8 Å². The lowest BCUT2D eigenvalue weighted by Gasteiger charge is -2.35. The van der Waals surface area contributed by atoms with Gasteiger partial charge in [0.2, 0.25) is 11.8 Å². The molecule has 28 heavy (non-hydrogen) atoms. The van der Waals surface area contributed by atoms with Gasteiger partial charge in [0.15, 0.2) is 0 Å². The van der Waals surface area contributed by atoms with Crippen molar-refractivity contribution in [2.75, 3.05) is 31.5 Å². The lowest BCUT2D eigenvalue weighted by Crippen LogP contribution is -2.50. The van der Waals surface area contributed by atoms with Crippen LogP contribution in [0.5, 0.6) is 0 Å². The molecule has 0 spiro atoms. The van der Waals surface area contributed by atoms with Gasteiger partial charge in [-0.15, -0.1) is 0 Å². The Labute approximate surface area is 163 Å². The number of para-hydroxylation sites is 1. The molecule has 1 fully saturated rings. The van der Waals surface area contributed by atoms with Crippen LogP contribution in [0.3, 0.4) is 0 Å². The summed E-state index contributed by atoms with van der Waals surface area (Å²) < 4.78 is 4.96. The number of furan rings is 1. The Bertz CT molecular complexity index is 870. The zero-order valence-corrected chi connectivity index (χ0v) is 15.6. The molecule has 2 aliphatic heterocycles. The largest absolute Gasteiger partial charge is 0.472 e. The Hall–Kier alpha value is -3.09. The van der Waals surface area contributed by atoms with Crippen LogP contribution in [0.1, 0.15) is 28.8 Å². The third-order valence-electron chi connectivity index (χ3n) is 5.51. The van der Waals surface area contributed by atoms with Crippen molar-refractivity contribution in [2.24, 2.45) is 5.92 Å². The van der Waals surface area contributed by atoms with E-state index in [-0.39, 0.29) is 23.6 Å². The summed E-state index contributed by atoms with van der Waals surface area (Å²) in [6.45, 7) is 2.05. The quantitative estimate of drug-likeness (QED) is 0.880. The van der Waals surface area contributed by atoms with Crippen molar-refractivity contribution >= 4 is 23.4 Å². The number of piperazine rings is 1. The Morgan fingerprint density at radius 3 is 2.57 bits per heavy atom. The van der Waals surface area contributed by atoms with E-state index >= 15 is 0 Å². The van der Waals surface area contributed by atoms with Crippen LogP contribution in [0, 0.1) is 5.92 Å². The van der Waals surface area contributed by atoms with Gasteiger partial charge in [0.1, 0.15) is 6.26 Å². The molecule has 146 valence electrons. The molecule has 0 radical (unpaired) electrons. The summed E-state index contributed by atoms with van der Waals surface area (Å²) in [5.41, 5.74) is 2.52. The van der Waals surface area contributed by atoms with Gasteiger partial charge in [-0.1, -0.05) is 18.2 Å². The van der Waals surface area contributed by atoms with Gasteiger partial charge in [0, 0.05) is 44.2 Å². The summed E-state index contributed by atoms with van der Waals surface area (Å²) >= 11 is 0. The second-order valence-electron chi connectivity index (χ2n) is 7.27. The van der Waals surface area contributed by atoms with E-state index in [1.54, 1.807) is 15.9 Å². The molecular formula is C21H23N3O4. The van der Waals surface area contributed by atoms with Crippen LogP contribution < -0.4 is 5.32 Å². The zero-order chi connectivity index (χ0) is 19.5. The highest BCUT2D eigenvalue weighted by atomic mass is 16.3. The average Bonchev–Trinajstić information content (AvgIpc) is 3.26. The van der Waals surface area contributed by atoms with Crippen LogP contribution in [0.4, 0.5) is 5.69 Å². The molecule has 1 unspecified atom stereocenters. The third kappa shape index (κ3) is 3.78. The van der Waals surface area contributed by atoms with Crippen LogP contribution >= 0.6 is 0 Å². The van der Waals surface area contributed by atoms with Gasteiger partial charge in [-0.25, -0.2) is 0 Å². The van der Waals surface area contributed by atoms with E-state index in [9.17, 15) is 14.4 Å². The number of nitrogens with one attached hydrogen (secondary N) is 1. The van der Waals surface area contributed by atoms with Gasteiger partial charge in [0.25, 0.3) is 5.91 Å². The molecule has 3 heterocycles. The van der Waals surface area contributed by atoms with E-state index in [0.717, 1.165) is 11.3 Å². The number of rotatable bonds is 4. The van der Waals surface area contributed by atoms with Gasteiger partial charge >= 0.3 is 0 Å². The molecule has 7 nitrogen and oxygen atoms in total. The minimum atomic E-state index is -0.178. The molecular weight excluding hydrogens is 358 g/mol. The van der Waals surface area contributed by atoms with Crippen LogP contribution in [-0.2, 0) is 16.0 Å². The molecule has 1 N–H and O–H groups in total. The maximum Gasteiger partial charge on any atom is 0.257 e. The maximum atomic E-state index is 12.6. The Morgan fingerprint density at radius 2 is 1.82 bits per heavy atom. The van der Waals surface area contributed by atoms with Gasteiger partial charge in [-0.3, -0.25) is 14.4 Å². The highest BCUT2D eigenvalue weighted by Gasteiger charge is 2.29. The van der Waals surface area contributed by atoms with Crippen LogP contribution in [0.2, 0.25) is 0 Å². The van der Waals surface area contributed by atoms with Crippen molar-refractivity contribution < 1.29 is 18.8 Å². The molecule has 2 aliphatic rings. The number of hydrogen-bond acceptors (Lipinski definition) is 4. The van der Waals surface area contributed by atoms with Crippen LogP contribution in [-0.4, -0.2) is 53.7 Å². The molecule has 1 saturated heterocycles. The predicted molar refractivity (Wildman–Crippen MR) is 103 cm³/mol. The second kappa shape index (κ2) is 7.88. The molecule has 0 saturated carbocycles. The van der Waals surface area contributed by atoms with Gasteiger partial charge in [-0.2, -0.15) is 0 Å². The Balaban J connectivity index is 1.26. The Kier molecular flexibility index (Phi) is 5.14. The maximum absolute atomic E-state index is 12.6. The number of carbonyl (C=O) groups excluding carboxylic acids is 3. The smallest absolute Gasteiger partial charge is 0.257 e. The molecule has 4 rings (SSSR count). The topological polar surface area (TPSA) is 82.9 Å². The summed E-state index contributed by atoms with van der Waals surface area (Å²) in [5, 5.41) is 2.93. The van der Waals surface area contributed by atoms with Crippen molar-refractivity contribution in [2.45, 2.75) is 19.3 Å². The number of amides is 3. The molecule has 1 atom stereocenters. The lowest BCUT2D eigenvalue weighted by molar-refractivity contribution is -0.133.